The normalized spacial score (nSPS) is 13.9. The molecule has 2 nitrogen and oxygen atoms in total. The smallest absolute Gasteiger partial charge is 0.145 e. The van der Waals surface area contributed by atoms with Gasteiger partial charge in [0.2, 0.25) is 0 Å². The van der Waals surface area contributed by atoms with Gasteiger partial charge in [0.15, 0.2) is 0 Å². The van der Waals surface area contributed by atoms with Gasteiger partial charge >= 0.3 is 0 Å². The minimum absolute atomic E-state index is 0.973. The number of hydrogen-bond acceptors (Lipinski definition) is 1. The lowest BCUT2D eigenvalue weighted by molar-refractivity contribution is 0.990. The van der Waals surface area contributed by atoms with Crippen molar-refractivity contribution in [3.8, 4) is 28.2 Å². The van der Waals surface area contributed by atoms with E-state index in [0.29, 0.717) is 0 Å². The summed E-state index contributed by atoms with van der Waals surface area (Å²) in [5.74, 6) is 0.973. The molecule has 0 aliphatic heterocycles. The molecule has 222 valence electrons. The van der Waals surface area contributed by atoms with E-state index in [4.69, 9.17) is 4.98 Å². The van der Waals surface area contributed by atoms with Crippen LogP contribution in [0.1, 0.15) is 30.4 Å². The molecule has 0 saturated heterocycles. The number of allylic oxidation sites excluding steroid dienone is 1. The van der Waals surface area contributed by atoms with E-state index in [0.717, 1.165) is 48.1 Å². The van der Waals surface area contributed by atoms with E-state index in [1.807, 2.05) is 0 Å². The van der Waals surface area contributed by atoms with Crippen LogP contribution in [0.3, 0.4) is 0 Å². The highest BCUT2D eigenvalue weighted by atomic mass is 15.1. The predicted molar refractivity (Wildman–Crippen MR) is 199 cm³/mol. The summed E-state index contributed by atoms with van der Waals surface area (Å²) < 4.78 is 2.42. The molecule has 0 N–H and O–H groups in total. The molecule has 2 aliphatic carbocycles. The fourth-order valence-electron chi connectivity index (χ4n) is 8.14. The van der Waals surface area contributed by atoms with Crippen molar-refractivity contribution in [3.63, 3.8) is 0 Å². The van der Waals surface area contributed by atoms with Gasteiger partial charge in [0.05, 0.1) is 16.7 Å². The summed E-state index contributed by atoms with van der Waals surface area (Å²) in [6.07, 6.45) is 13.9. The second-order valence-electron chi connectivity index (χ2n) is 12.9. The molecule has 0 saturated carbocycles. The molecule has 8 aromatic rings. The highest BCUT2D eigenvalue weighted by Crippen LogP contribution is 2.38. The summed E-state index contributed by atoms with van der Waals surface area (Å²) in [4.78, 5) is 5.23. The van der Waals surface area contributed by atoms with Crippen LogP contribution in [0.5, 0.6) is 0 Å². The molecule has 1 aromatic heterocycles. The SMILES string of the molecule is C1=Cc2c(ccc3cc4cccc(-c5c6c(c(-n7c(-c8ccccc8)nc8ccccc87)c7ccccc57)=CCCC=6)c4cc23)CC1. The van der Waals surface area contributed by atoms with Crippen LogP contribution < -0.4 is 10.4 Å². The monoisotopic (exact) mass is 600 g/mol. The van der Waals surface area contributed by atoms with Crippen molar-refractivity contribution in [1.29, 1.82) is 0 Å². The Balaban J connectivity index is 1.35. The molecule has 0 amide bonds. The first-order chi connectivity index (χ1) is 23.3. The second-order valence-corrected chi connectivity index (χ2v) is 12.9. The molecule has 0 atom stereocenters. The van der Waals surface area contributed by atoms with Crippen LogP contribution in [0, 0.1) is 0 Å². The average Bonchev–Trinajstić information content (AvgIpc) is 3.52. The summed E-state index contributed by atoms with van der Waals surface area (Å²) in [6, 6.07) is 44.5. The Hall–Kier alpha value is -5.73. The maximum Gasteiger partial charge on any atom is 0.145 e. The van der Waals surface area contributed by atoms with E-state index in [-0.39, 0.29) is 0 Å². The summed E-state index contributed by atoms with van der Waals surface area (Å²) in [6.45, 7) is 0. The molecule has 47 heavy (non-hydrogen) atoms. The van der Waals surface area contributed by atoms with Crippen molar-refractivity contribution in [3.05, 3.63) is 149 Å². The highest BCUT2D eigenvalue weighted by Gasteiger charge is 2.22. The van der Waals surface area contributed by atoms with Gasteiger partial charge in [-0.2, -0.15) is 0 Å². The van der Waals surface area contributed by atoms with Crippen molar-refractivity contribution in [2.45, 2.75) is 25.7 Å². The lowest BCUT2D eigenvalue weighted by Crippen LogP contribution is -2.33. The number of fused-ring (bicyclic) bond motifs is 7. The summed E-state index contributed by atoms with van der Waals surface area (Å²) in [7, 11) is 0. The van der Waals surface area contributed by atoms with Crippen LogP contribution in [-0.4, -0.2) is 9.55 Å². The third-order valence-corrected chi connectivity index (χ3v) is 10.2. The number of imidazole rings is 1. The number of rotatable bonds is 3. The van der Waals surface area contributed by atoms with Crippen molar-refractivity contribution in [1.82, 2.24) is 9.55 Å². The van der Waals surface area contributed by atoms with Gasteiger partial charge in [-0.3, -0.25) is 4.57 Å². The largest absolute Gasteiger partial charge is 0.291 e. The fourth-order valence-corrected chi connectivity index (χ4v) is 8.14. The molecule has 0 spiro atoms. The second kappa shape index (κ2) is 10.4. The van der Waals surface area contributed by atoms with Gasteiger partial charge in [0, 0.05) is 16.2 Å². The van der Waals surface area contributed by atoms with Crippen LogP contribution >= 0.6 is 0 Å². The first-order valence-corrected chi connectivity index (χ1v) is 16.8. The van der Waals surface area contributed by atoms with E-state index >= 15 is 0 Å². The van der Waals surface area contributed by atoms with Gasteiger partial charge in [-0.25, -0.2) is 4.98 Å². The topological polar surface area (TPSA) is 17.8 Å². The molecule has 0 bridgehead atoms. The number of hydrogen-bond donors (Lipinski definition) is 0. The van der Waals surface area contributed by atoms with Gasteiger partial charge in [0.25, 0.3) is 0 Å². The number of aryl methyl sites for hydroxylation is 1. The van der Waals surface area contributed by atoms with E-state index in [9.17, 15) is 0 Å². The van der Waals surface area contributed by atoms with Crippen LogP contribution in [0.2, 0.25) is 0 Å². The van der Waals surface area contributed by atoms with Crippen molar-refractivity contribution < 1.29 is 0 Å². The van der Waals surface area contributed by atoms with E-state index in [1.165, 1.54) is 70.7 Å². The quantitative estimate of drug-likeness (QED) is 0.185. The van der Waals surface area contributed by atoms with E-state index in [1.54, 1.807) is 0 Å². The third-order valence-electron chi connectivity index (χ3n) is 10.2. The molecule has 10 rings (SSSR count). The molecule has 2 heteroatoms. The van der Waals surface area contributed by atoms with Gasteiger partial charge in [-0.05, 0) is 104 Å². The first kappa shape index (κ1) is 26.5. The van der Waals surface area contributed by atoms with Crippen molar-refractivity contribution >= 4 is 61.6 Å². The first-order valence-electron chi connectivity index (χ1n) is 16.8. The van der Waals surface area contributed by atoms with Crippen LogP contribution in [0.4, 0.5) is 0 Å². The van der Waals surface area contributed by atoms with Gasteiger partial charge in [0.1, 0.15) is 5.82 Å². The van der Waals surface area contributed by atoms with E-state index < -0.39 is 0 Å². The lowest BCUT2D eigenvalue weighted by Gasteiger charge is -2.21. The maximum atomic E-state index is 5.23. The molecule has 0 fully saturated rings. The molecule has 0 unspecified atom stereocenters. The van der Waals surface area contributed by atoms with Crippen LogP contribution in [0.25, 0.3) is 89.8 Å². The Morgan fingerprint density at radius 3 is 2.28 bits per heavy atom. The van der Waals surface area contributed by atoms with E-state index in [2.05, 4.69) is 150 Å². The summed E-state index contributed by atoms with van der Waals surface area (Å²) >= 11 is 0. The Labute approximate surface area is 273 Å². The Bertz CT molecular complexity index is 2730. The third kappa shape index (κ3) is 4.01. The molecular formula is C45H32N2. The van der Waals surface area contributed by atoms with Gasteiger partial charge < -0.3 is 0 Å². The van der Waals surface area contributed by atoms with Gasteiger partial charge in [-0.1, -0.05) is 121 Å². The number of aromatic nitrogens is 2. The molecular weight excluding hydrogens is 569 g/mol. The van der Waals surface area contributed by atoms with Crippen LogP contribution in [0.15, 0.2) is 127 Å². The number of benzene rings is 7. The van der Waals surface area contributed by atoms with Gasteiger partial charge in [-0.15, -0.1) is 0 Å². The lowest BCUT2D eigenvalue weighted by atomic mass is 9.86. The summed E-state index contributed by atoms with van der Waals surface area (Å²) in [5, 5.41) is 10.4. The standard InChI is InChI=1S/C45H32N2/c1-2-14-30(15-3-1)45-46-41-23-10-11-24-42(41)47(45)44-37-20-8-6-18-34(37)43(35-19-7-9-21-38(35)44)36-22-12-16-31-27-32-26-25-29-13-4-5-17-33(29)39(32)28-40(31)36/h1-3,5-6,8,10-12,14-28H,4,7,9,13H2. The van der Waals surface area contributed by atoms with Crippen LogP contribution in [-0.2, 0) is 6.42 Å². The fraction of sp³-hybridized carbons (Fsp3) is 0.0889. The zero-order chi connectivity index (χ0) is 30.9. The predicted octanol–water partition coefficient (Wildman–Crippen LogP) is 10.1. The average molecular weight is 601 g/mol. The number of para-hydroxylation sites is 2. The van der Waals surface area contributed by atoms with Crippen molar-refractivity contribution in [2.24, 2.45) is 0 Å². The zero-order valence-corrected chi connectivity index (χ0v) is 26.1. The molecule has 0 radical (unpaired) electrons. The Morgan fingerprint density at radius 2 is 1.36 bits per heavy atom. The van der Waals surface area contributed by atoms with Crippen molar-refractivity contribution in [2.75, 3.05) is 0 Å². The maximum absolute atomic E-state index is 5.23. The molecule has 2 aliphatic rings. The highest BCUT2D eigenvalue weighted by molar-refractivity contribution is 6.12. The molecule has 7 aromatic carbocycles. The number of nitrogens with zero attached hydrogens (tertiary/aromatic N) is 2. The Morgan fingerprint density at radius 1 is 0.574 bits per heavy atom. The Kier molecular flexibility index (Phi) is 5.86. The summed E-state index contributed by atoms with van der Waals surface area (Å²) in [5.41, 5.74) is 9.92. The minimum Gasteiger partial charge on any atom is -0.291 e. The zero-order valence-electron chi connectivity index (χ0n) is 26.1. The minimum atomic E-state index is 0.973. The molecule has 1 heterocycles.